The van der Waals surface area contributed by atoms with Crippen LogP contribution in [0, 0.1) is 6.92 Å². The number of likely N-dealkylation sites (tertiary alicyclic amines) is 1. The maximum Gasteiger partial charge on any atom is 0.294 e. The van der Waals surface area contributed by atoms with Crippen LogP contribution in [0.25, 0.3) is 0 Å². The Morgan fingerprint density at radius 3 is 3.14 bits per heavy atom. The summed E-state index contributed by atoms with van der Waals surface area (Å²) in [5.74, 6) is 1.58. The Hall–Kier alpha value is -2.18. The number of aromatic amines is 1. The second-order valence-corrected chi connectivity index (χ2v) is 5.38. The van der Waals surface area contributed by atoms with Crippen LogP contribution in [0.4, 0.5) is 0 Å². The van der Waals surface area contributed by atoms with E-state index in [-0.39, 0.29) is 17.8 Å². The maximum atomic E-state index is 12.6. The van der Waals surface area contributed by atoms with Crippen LogP contribution < -0.4 is 0 Å². The number of nitrogens with one attached hydrogen (secondary N) is 1. The van der Waals surface area contributed by atoms with Crippen molar-refractivity contribution in [3.05, 3.63) is 29.2 Å². The fraction of sp³-hybridized carbons (Fsp3) is 0.571. The first-order chi connectivity index (χ1) is 10.2. The molecular weight excluding hydrogens is 270 g/mol. The van der Waals surface area contributed by atoms with E-state index in [2.05, 4.69) is 27.3 Å². The van der Waals surface area contributed by atoms with Gasteiger partial charge in [0.1, 0.15) is 5.82 Å². The molecule has 7 nitrogen and oxygen atoms in total. The van der Waals surface area contributed by atoms with E-state index in [9.17, 15) is 4.79 Å². The Morgan fingerprint density at radius 2 is 2.43 bits per heavy atom. The molecule has 1 saturated heterocycles. The first-order valence-electron chi connectivity index (χ1n) is 7.34. The molecule has 1 unspecified atom stereocenters. The van der Waals surface area contributed by atoms with Gasteiger partial charge in [-0.3, -0.25) is 9.89 Å². The number of H-pyrrole nitrogens is 1. The predicted molar refractivity (Wildman–Crippen MR) is 74.6 cm³/mol. The SMILES string of the molecule is CCCc1nc(C(=O)N2CCCC2c2cc(C)no2)n[nH]1. The van der Waals surface area contributed by atoms with E-state index >= 15 is 0 Å². The number of aromatic nitrogens is 4. The van der Waals surface area contributed by atoms with Gasteiger partial charge in [0.25, 0.3) is 5.91 Å². The fourth-order valence-electron chi connectivity index (χ4n) is 2.71. The van der Waals surface area contributed by atoms with Crippen LogP contribution in [0.2, 0.25) is 0 Å². The molecule has 0 aliphatic carbocycles. The number of amides is 1. The van der Waals surface area contributed by atoms with E-state index in [1.165, 1.54) is 0 Å². The molecule has 2 aromatic rings. The molecule has 21 heavy (non-hydrogen) atoms. The quantitative estimate of drug-likeness (QED) is 0.930. The molecule has 1 N–H and O–H groups in total. The molecule has 1 amide bonds. The standard InChI is InChI=1S/C14H19N5O2/c1-3-5-12-15-13(17-16-12)14(20)19-7-4-6-10(19)11-8-9(2)18-21-11/h8,10H,3-7H2,1-2H3,(H,15,16,17). The number of hydrogen-bond acceptors (Lipinski definition) is 5. The first kappa shape index (κ1) is 13.8. The maximum absolute atomic E-state index is 12.6. The summed E-state index contributed by atoms with van der Waals surface area (Å²) in [6, 6.07) is 1.82. The van der Waals surface area contributed by atoms with E-state index < -0.39 is 0 Å². The molecule has 7 heteroatoms. The Labute approximate surface area is 122 Å². The van der Waals surface area contributed by atoms with Gasteiger partial charge in [-0.05, 0) is 26.2 Å². The molecule has 1 fully saturated rings. The Balaban J connectivity index is 1.79. The molecule has 0 aromatic carbocycles. The normalized spacial score (nSPS) is 18.4. The van der Waals surface area contributed by atoms with Gasteiger partial charge in [-0.15, -0.1) is 5.10 Å². The average Bonchev–Trinajstić information content (AvgIpc) is 3.17. The summed E-state index contributed by atoms with van der Waals surface area (Å²) >= 11 is 0. The Kier molecular flexibility index (Phi) is 3.72. The van der Waals surface area contributed by atoms with Crippen molar-refractivity contribution in [1.82, 2.24) is 25.2 Å². The van der Waals surface area contributed by atoms with Gasteiger partial charge in [0, 0.05) is 19.0 Å². The highest BCUT2D eigenvalue weighted by Crippen LogP contribution is 2.32. The lowest BCUT2D eigenvalue weighted by Gasteiger charge is -2.20. The third-order valence-corrected chi connectivity index (χ3v) is 3.70. The lowest BCUT2D eigenvalue weighted by molar-refractivity contribution is 0.0702. The van der Waals surface area contributed by atoms with Crippen molar-refractivity contribution in [2.75, 3.05) is 6.54 Å². The van der Waals surface area contributed by atoms with Gasteiger partial charge in [-0.25, -0.2) is 4.98 Å². The summed E-state index contributed by atoms with van der Waals surface area (Å²) in [5, 5.41) is 10.8. The summed E-state index contributed by atoms with van der Waals surface area (Å²) in [4.78, 5) is 18.6. The summed E-state index contributed by atoms with van der Waals surface area (Å²) in [5.41, 5.74) is 0.826. The second kappa shape index (κ2) is 5.67. The highest BCUT2D eigenvalue weighted by Gasteiger charge is 2.34. The van der Waals surface area contributed by atoms with Gasteiger partial charge in [-0.2, -0.15) is 0 Å². The lowest BCUT2D eigenvalue weighted by Crippen LogP contribution is -2.31. The summed E-state index contributed by atoms with van der Waals surface area (Å²) in [7, 11) is 0. The van der Waals surface area contributed by atoms with E-state index in [1.54, 1.807) is 4.90 Å². The molecule has 0 spiro atoms. The Morgan fingerprint density at radius 1 is 1.57 bits per heavy atom. The van der Waals surface area contributed by atoms with Crippen LogP contribution in [0.5, 0.6) is 0 Å². The van der Waals surface area contributed by atoms with Gasteiger partial charge in [0.05, 0.1) is 11.7 Å². The van der Waals surface area contributed by atoms with Gasteiger partial charge < -0.3 is 9.42 Å². The summed E-state index contributed by atoms with van der Waals surface area (Å²) in [6.45, 7) is 4.63. The van der Waals surface area contributed by atoms with Crippen molar-refractivity contribution < 1.29 is 9.32 Å². The van der Waals surface area contributed by atoms with Gasteiger partial charge in [0.2, 0.25) is 5.82 Å². The first-order valence-corrected chi connectivity index (χ1v) is 7.34. The topological polar surface area (TPSA) is 87.9 Å². The molecule has 0 radical (unpaired) electrons. The zero-order valence-corrected chi connectivity index (χ0v) is 12.3. The van der Waals surface area contributed by atoms with Gasteiger partial charge in [0.15, 0.2) is 5.76 Å². The monoisotopic (exact) mass is 289 g/mol. The van der Waals surface area contributed by atoms with Crippen molar-refractivity contribution in [3.8, 4) is 0 Å². The molecule has 0 bridgehead atoms. The zero-order valence-electron chi connectivity index (χ0n) is 12.3. The van der Waals surface area contributed by atoms with Gasteiger partial charge in [-0.1, -0.05) is 12.1 Å². The predicted octanol–water partition coefficient (Wildman–Crippen LogP) is 2.03. The largest absolute Gasteiger partial charge is 0.359 e. The highest BCUT2D eigenvalue weighted by atomic mass is 16.5. The van der Waals surface area contributed by atoms with Crippen LogP contribution in [-0.2, 0) is 6.42 Å². The number of aryl methyl sites for hydroxylation is 2. The molecular formula is C14H19N5O2. The molecule has 3 rings (SSSR count). The number of carbonyl (C=O) groups is 1. The number of rotatable bonds is 4. The fourth-order valence-corrected chi connectivity index (χ4v) is 2.71. The third kappa shape index (κ3) is 2.68. The molecule has 1 aliphatic heterocycles. The van der Waals surface area contributed by atoms with Crippen molar-refractivity contribution in [1.29, 1.82) is 0 Å². The number of carbonyl (C=O) groups excluding carboxylic acids is 1. The van der Waals surface area contributed by atoms with Crippen molar-refractivity contribution in [3.63, 3.8) is 0 Å². The minimum atomic E-state index is -0.148. The third-order valence-electron chi connectivity index (χ3n) is 3.70. The van der Waals surface area contributed by atoms with Crippen LogP contribution >= 0.6 is 0 Å². The van der Waals surface area contributed by atoms with E-state index in [4.69, 9.17) is 4.52 Å². The summed E-state index contributed by atoms with van der Waals surface area (Å²) < 4.78 is 5.32. The van der Waals surface area contributed by atoms with Crippen LogP contribution in [0.3, 0.4) is 0 Å². The minimum Gasteiger partial charge on any atom is -0.359 e. The van der Waals surface area contributed by atoms with Gasteiger partial charge >= 0.3 is 0 Å². The highest BCUT2D eigenvalue weighted by molar-refractivity contribution is 5.90. The molecule has 112 valence electrons. The average molecular weight is 289 g/mol. The van der Waals surface area contributed by atoms with Crippen LogP contribution in [-0.4, -0.2) is 37.7 Å². The number of hydrogen-bond donors (Lipinski definition) is 1. The van der Waals surface area contributed by atoms with E-state index in [0.29, 0.717) is 6.54 Å². The minimum absolute atomic E-state index is 0.0631. The van der Waals surface area contributed by atoms with E-state index in [0.717, 1.165) is 43.0 Å². The smallest absolute Gasteiger partial charge is 0.294 e. The van der Waals surface area contributed by atoms with Crippen molar-refractivity contribution >= 4 is 5.91 Å². The van der Waals surface area contributed by atoms with Crippen molar-refractivity contribution in [2.45, 2.75) is 45.6 Å². The second-order valence-electron chi connectivity index (χ2n) is 5.38. The molecule has 0 saturated carbocycles. The van der Waals surface area contributed by atoms with Crippen LogP contribution in [0.15, 0.2) is 10.6 Å². The molecule has 1 atom stereocenters. The summed E-state index contributed by atoms with van der Waals surface area (Å²) in [6.07, 6.45) is 3.59. The van der Waals surface area contributed by atoms with Crippen molar-refractivity contribution in [2.24, 2.45) is 0 Å². The van der Waals surface area contributed by atoms with Crippen LogP contribution in [0.1, 0.15) is 60.1 Å². The van der Waals surface area contributed by atoms with E-state index in [1.807, 2.05) is 13.0 Å². The number of nitrogens with zero attached hydrogens (tertiary/aromatic N) is 4. The molecule has 1 aliphatic rings. The zero-order chi connectivity index (χ0) is 14.8. The molecule has 2 aromatic heterocycles. The lowest BCUT2D eigenvalue weighted by atomic mass is 10.1. The Bertz CT molecular complexity index is 633. The molecule has 3 heterocycles.